The van der Waals surface area contributed by atoms with Gasteiger partial charge in [-0.1, -0.05) is 37.8 Å². The molecule has 3 heterocycles. The summed E-state index contributed by atoms with van der Waals surface area (Å²) in [6, 6.07) is 18.7. The number of hydrogen-bond acceptors (Lipinski definition) is 5. The minimum absolute atomic E-state index is 0.284. The summed E-state index contributed by atoms with van der Waals surface area (Å²) in [4.78, 5) is 11.5. The monoisotopic (exact) mass is 519 g/mol. The first-order valence-electron chi connectivity index (χ1n) is 13.4. The zero-order valence-electron chi connectivity index (χ0n) is 22.4. The van der Waals surface area contributed by atoms with E-state index in [1.807, 2.05) is 37.6 Å². The summed E-state index contributed by atoms with van der Waals surface area (Å²) < 4.78 is 13.6. The molecule has 0 unspecified atom stereocenters. The summed E-state index contributed by atoms with van der Waals surface area (Å²) in [6.07, 6.45) is 9.48. The summed E-state index contributed by atoms with van der Waals surface area (Å²) in [6.45, 7) is 11.8. The number of piperidine rings is 1. The Morgan fingerprint density at radius 3 is 2.49 bits per heavy atom. The maximum atomic E-state index is 13.6. The lowest BCUT2D eigenvalue weighted by atomic mass is 9.96. The van der Waals surface area contributed by atoms with Crippen LogP contribution in [-0.4, -0.2) is 35.0 Å². The van der Waals surface area contributed by atoms with E-state index in [4.69, 9.17) is 0 Å². The smallest absolute Gasteiger partial charge is 0.123 e. The number of nitrogens with zero attached hydrogens (tertiary/aromatic N) is 3. The molecule has 0 saturated carbocycles. The van der Waals surface area contributed by atoms with Crippen molar-refractivity contribution in [1.29, 1.82) is 0 Å². The molecule has 5 nitrogen and oxygen atoms in total. The number of aromatic nitrogens is 2. The Hall–Kier alpha value is -4.29. The van der Waals surface area contributed by atoms with Crippen LogP contribution in [0.15, 0.2) is 98.1 Å². The number of rotatable bonds is 9. The molecule has 1 saturated heterocycles. The molecule has 0 spiro atoms. The molecule has 5 rings (SSSR count). The SMILES string of the molecule is C=C(Nc1ccc(-c2cccc(F)c2)nc1)C(=C)c1cc(-c2cncc(CN3CCCCC3)c2)ccc1NC. The first-order valence-corrected chi connectivity index (χ1v) is 13.4. The highest BCUT2D eigenvalue weighted by Crippen LogP contribution is 2.33. The van der Waals surface area contributed by atoms with Gasteiger partial charge in [-0.3, -0.25) is 14.9 Å². The lowest BCUT2D eigenvalue weighted by molar-refractivity contribution is 0.220. The summed E-state index contributed by atoms with van der Waals surface area (Å²) in [5.74, 6) is -0.284. The van der Waals surface area contributed by atoms with Crippen LogP contribution in [0.5, 0.6) is 0 Å². The molecule has 0 radical (unpaired) electrons. The topological polar surface area (TPSA) is 53.1 Å². The Morgan fingerprint density at radius 2 is 1.74 bits per heavy atom. The maximum absolute atomic E-state index is 13.6. The van der Waals surface area contributed by atoms with Gasteiger partial charge in [-0.25, -0.2) is 4.39 Å². The Bertz CT molecular complexity index is 1470. The molecule has 0 aliphatic carbocycles. The van der Waals surface area contributed by atoms with E-state index in [9.17, 15) is 4.39 Å². The van der Waals surface area contributed by atoms with Crippen LogP contribution in [0.1, 0.15) is 30.4 Å². The Labute approximate surface area is 230 Å². The molecule has 0 bridgehead atoms. The molecule has 1 fully saturated rings. The van der Waals surface area contributed by atoms with Crippen LogP contribution in [0, 0.1) is 5.82 Å². The fraction of sp³-hybridized carbons (Fsp3) is 0.212. The average molecular weight is 520 g/mol. The second-order valence-corrected chi connectivity index (χ2v) is 9.95. The molecule has 198 valence electrons. The predicted molar refractivity (Wildman–Crippen MR) is 160 cm³/mol. The van der Waals surface area contributed by atoms with Crippen molar-refractivity contribution < 1.29 is 4.39 Å². The first-order chi connectivity index (χ1) is 19.0. The van der Waals surface area contributed by atoms with Gasteiger partial charge in [-0.15, -0.1) is 0 Å². The van der Waals surface area contributed by atoms with E-state index in [-0.39, 0.29) is 5.82 Å². The lowest BCUT2D eigenvalue weighted by Crippen LogP contribution is -2.29. The highest BCUT2D eigenvalue weighted by atomic mass is 19.1. The van der Waals surface area contributed by atoms with Crippen molar-refractivity contribution in [2.75, 3.05) is 30.8 Å². The van der Waals surface area contributed by atoms with Crippen LogP contribution in [0.3, 0.4) is 0 Å². The Balaban J connectivity index is 1.32. The third-order valence-corrected chi connectivity index (χ3v) is 7.14. The van der Waals surface area contributed by atoms with E-state index in [1.165, 1.54) is 37.0 Å². The Kier molecular flexibility index (Phi) is 8.13. The van der Waals surface area contributed by atoms with Gasteiger partial charge < -0.3 is 10.6 Å². The summed E-state index contributed by atoms with van der Waals surface area (Å²) in [7, 11) is 1.90. The van der Waals surface area contributed by atoms with Gasteiger partial charge in [-0.2, -0.15) is 0 Å². The number of hydrogen-bond donors (Lipinski definition) is 2. The number of nitrogens with one attached hydrogen (secondary N) is 2. The normalized spacial score (nSPS) is 13.6. The second-order valence-electron chi connectivity index (χ2n) is 9.95. The van der Waals surface area contributed by atoms with Crippen LogP contribution in [-0.2, 0) is 6.54 Å². The Morgan fingerprint density at radius 1 is 0.897 bits per heavy atom. The van der Waals surface area contributed by atoms with E-state index in [2.05, 4.69) is 62.9 Å². The molecule has 0 amide bonds. The van der Waals surface area contributed by atoms with Crippen molar-refractivity contribution in [1.82, 2.24) is 14.9 Å². The van der Waals surface area contributed by atoms with Gasteiger partial charge in [0.15, 0.2) is 0 Å². The van der Waals surface area contributed by atoms with E-state index in [1.54, 1.807) is 12.3 Å². The zero-order valence-corrected chi connectivity index (χ0v) is 22.4. The van der Waals surface area contributed by atoms with Crippen molar-refractivity contribution in [3.05, 3.63) is 115 Å². The number of pyridine rings is 2. The third kappa shape index (κ3) is 6.41. The highest BCUT2D eigenvalue weighted by molar-refractivity contribution is 5.88. The molecule has 2 aromatic carbocycles. The number of allylic oxidation sites excluding steroid dienone is 1. The van der Waals surface area contributed by atoms with E-state index < -0.39 is 0 Å². The van der Waals surface area contributed by atoms with Crippen LogP contribution < -0.4 is 10.6 Å². The molecule has 1 aliphatic rings. The summed E-state index contributed by atoms with van der Waals surface area (Å²) >= 11 is 0. The zero-order chi connectivity index (χ0) is 27.2. The van der Waals surface area contributed by atoms with Crippen molar-refractivity contribution >= 4 is 16.9 Å². The second kappa shape index (κ2) is 12.0. The third-order valence-electron chi connectivity index (χ3n) is 7.14. The van der Waals surface area contributed by atoms with Crippen molar-refractivity contribution in [3.8, 4) is 22.4 Å². The molecule has 39 heavy (non-hydrogen) atoms. The molecule has 6 heteroatoms. The maximum Gasteiger partial charge on any atom is 0.123 e. The van der Waals surface area contributed by atoms with Gasteiger partial charge in [0.2, 0.25) is 0 Å². The molecule has 2 aromatic heterocycles. The van der Waals surface area contributed by atoms with Crippen LogP contribution in [0.4, 0.5) is 15.8 Å². The molecule has 0 atom stereocenters. The standard InChI is InChI=1S/C33H34FN5/c1-23(24(2)38-30-11-13-32(37-21-30)27-8-7-9-29(34)17-27)31-18-26(10-12-33(31)35-3)28-16-25(19-36-20-28)22-39-14-5-4-6-15-39/h7-13,16-21,35,38H,1-2,4-6,14-15,22H2,3H3. The van der Waals surface area contributed by atoms with Crippen LogP contribution >= 0.6 is 0 Å². The molecule has 2 N–H and O–H groups in total. The molecule has 1 aliphatic heterocycles. The van der Waals surface area contributed by atoms with E-state index >= 15 is 0 Å². The van der Waals surface area contributed by atoms with Gasteiger partial charge in [0.25, 0.3) is 0 Å². The van der Waals surface area contributed by atoms with Crippen molar-refractivity contribution in [3.63, 3.8) is 0 Å². The summed E-state index contributed by atoms with van der Waals surface area (Å²) in [5, 5.41) is 6.59. The molecular weight excluding hydrogens is 485 g/mol. The molecular formula is C33H34FN5. The van der Waals surface area contributed by atoms with Crippen molar-refractivity contribution in [2.45, 2.75) is 25.8 Å². The van der Waals surface area contributed by atoms with Gasteiger partial charge in [0.1, 0.15) is 5.82 Å². The van der Waals surface area contributed by atoms with E-state index in [0.717, 1.165) is 58.8 Å². The van der Waals surface area contributed by atoms with E-state index in [0.29, 0.717) is 11.4 Å². The fourth-order valence-corrected chi connectivity index (χ4v) is 5.00. The average Bonchev–Trinajstić information content (AvgIpc) is 2.97. The number of likely N-dealkylation sites (tertiary alicyclic amines) is 1. The minimum atomic E-state index is -0.284. The molecule has 4 aromatic rings. The highest BCUT2D eigenvalue weighted by Gasteiger charge is 2.14. The van der Waals surface area contributed by atoms with Crippen LogP contribution in [0.2, 0.25) is 0 Å². The number of halogens is 1. The quantitative estimate of drug-likeness (QED) is 0.223. The fourth-order valence-electron chi connectivity index (χ4n) is 5.00. The first kappa shape index (κ1) is 26.3. The predicted octanol–water partition coefficient (Wildman–Crippen LogP) is 7.62. The van der Waals surface area contributed by atoms with Gasteiger partial charge >= 0.3 is 0 Å². The summed E-state index contributed by atoms with van der Waals surface area (Å²) in [5.41, 5.74) is 8.95. The van der Waals surface area contributed by atoms with Gasteiger partial charge in [0, 0.05) is 54.1 Å². The largest absolute Gasteiger partial charge is 0.388 e. The lowest BCUT2D eigenvalue weighted by Gasteiger charge is -2.26. The number of anilines is 2. The van der Waals surface area contributed by atoms with Crippen LogP contribution in [0.25, 0.3) is 28.0 Å². The van der Waals surface area contributed by atoms with Gasteiger partial charge in [0.05, 0.1) is 17.6 Å². The minimum Gasteiger partial charge on any atom is -0.388 e. The number of benzene rings is 2. The van der Waals surface area contributed by atoms with Gasteiger partial charge in [-0.05, 0) is 85.1 Å². The van der Waals surface area contributed by atoms with Crippen molar-refractivity contribution in [2.24, 2.45) is 0 Å².